The largest absolute Gasteiger partial charge is 0.479 e. The molecule has 0 spiro atoms. The smallest absolute Gasteiger partial charge is 0.344 e. The van der Waals surface area contributed by atoms with E-state index in [9.17, 15) is 14.3 Å². The van der Waals surface area contributed by atoms with Crippen LogP contribution in [0.5, 0.6) is 5.75 Å². The van der Waals surface area contributed by atoms with E-state index in [0.29, 0.717) is 12.2 Å². The van der Waals surface area contributed by atoms with Crippen molar-refractivity contribution in [1.82, 2.24) is 0 Å². The Labute approximate surface area is 153 Å². The number of carboxylic acid groups (broad SMARTS) is 1. The monoisotopic (exact) mass is 354 g/mol. The Hall–Kier alpha value is -2.62. The molecule has 0 radical (unpaired) electrons. The summed E-state index contributed by atoms with van der Waals surface area (Å²) in [7, 11) is 0. The highest BCUT2D eigenvalue weighted by Gasteiger charge is 2.20. The van der Waals surface area contributed by atoms with Crippen LogP contribution in [0, 0.1) is 5.82 Å². The number of rotatable bonds is 7. The number of carbonyl (C=O) groups is 1. The molecule has 4 heteroatoms. The van der Waals surface area contributed by atoms with Gasteiger partial charge in [0.15, 0.2) is 6.10 Å². The second-order valence-electron chi connectivity index (χ2n) is 6.62. The Bertz CT molecular complexity index is 763. The second-order valence-corrected chi connectivity index (χ2v) is 6.62. The molecule has 2 aromatic rings. The second kappa shape index (κ2) is 8.65. The lowest BCUT2D eigenvalue weighted by molar-refractivity contribution is -0.145. The molecule has 0 heterocycles. The Kier molecular flexibility index (Phi) is 6.05. The molecule has 0 amide bonds. The third kappa shape index (κ3) is 4.94. The highest BCUT2D eigenvalue weighted by molar-refractivity contribution is 5.73. The van der Waals surface area contributed by atoms with Gasteiger partial charge in [-0.1, -0.05) is 35.9 Å². The number of aliphatic carboxylic acids is 1. The van der Waals surface area contributed by atoms with E-state index in [1.54, 1.807) is 24.3 Å². The van der Waals surface area contributed by atoms with Gasteiger partial charge in [0.1, 0.15) is 11.6 Å². The minimum Gasteiger partial charge on any atom is -0.479 e. The highest BCUT2D eigenvalue weighted by Crippen LogP contribution is 2.25. The summed E-state index contributed by atoms with van der Waals surface area (Å²) in [4.78, 5) is 11.5. The van der Waals surface area contributed by atoms with Crippen molar-refractivity contribution < 1.29 is 19.0 Å². The Balaban J connectivity index is 1.62. The van der Waals surface area contributed by atoms with Crippen LogP contribution < -0.4 is 4.74 Å². The minimum absolute atomic E-state index is 0.272. The van der Waals surface area contributed by atoms with Crippen molar-refractivity contribution in [3.8, 4) is 16.9 Å². The van der Waals surface area contributed by atoms with Crippen molar-refractivity contribution in [3.05, 3.63) is 66.0 Å². The zero-order valence-electron chi connectivity index (χ0n) is 14.7. The summed E-state index contributed by atoms with van der Waals surface area (Å²) in [5, 5.41) is 9.44. The molecule has 1 unspecified atom stereocenters. The maximum atomic E-state index is 13.0. The molecule has 1 aliphatic carbocycles. The van der Waals surface area contributed by atoms with Crippen molar-refractivity contribution in [1.29, 1.82) is 0 Å². The molecule has 0 aliphatic heterocycles. The number of benzene rings is 2. The number of hydrogen-bond donors (Lipinski definition) is 1. The summed E-state index contributed by atoms with van der Waals surface area (Å²) in [5.41, 5.74) is 3.17. The van der Waals surface area contributed by atoms with Crippen LogP contribution in [0.15, 0.2) is 60.2 Å². The van der Waals surface area contributed by atoms with E-state index in [1.807, 2.05) is 12.1 Å². The molecule has 0 fully saturated rings. The Morgan fingerprint density at radius 3 is 2.27 bits per heavy atom. The van der Waals surface area contributed by atoms with Gasteiger partial charge in [0.2, 0.25) is 0 Å². The van der Waals surface area contributed by atoms with Gasteiger partial charge in [0.25, 0.3) is 0 Å². The third-order valence-corrected chi connectivity index (χ3v) is 4.70. The highest BCUT2D eigenvalue weighted by atomic mass is 19.1. The van der Waals surface area contributed by atoms with Crippen molar-refractivity contribution in [3.63, 3.8) is 0 Å². The fourth-order valence-corrected chi connectivity index (χ4v) is 3.21. The first-order chi connectivity index (χ1) is 12.6. The van der Waals surface area contributed by atoms with Crippen molar-refractivity contribution in [2.45, 2.75) is 44.6 Å². The van der Waals surface area contributed by atoms with Crippen molar-refractivity contribution in [2.24, 2.45) is 0 Å². The molecule has 1 aliphatic rings. The number of ether oxygens (including phenoxy) is 1. The predicted octanol–water partition coefficient (Wildman–Crippen LogP) is 5.61. The van der Waals surface area contributed by atoms with Crippen LogP contribution in [0.2, 0.25) is 0 Å². The number of hydrogen-bond acceptors (Lipinski definition) is 2. The number of carboxylic acids is 1. The Morgan fingerprint density at radius 2 is 1.69 bits per heavy atom. The van der Waals surface area contributed by atoms with Gasteiger partial charge < -0.3 is 9.84 Å². The van der Waals surface area contributed by atoms with Crippen LogP contribution in [0.4, 0.5) is 4.39 Å². The molecule has 0 aromatic heterocycles. The maximum absolute atomic E-state index is 13.0. The molecule has 136 valence electrons. The molecule has 0 bridgehead atoms. The van der Waals surface area contributed by atoms with Crippen LogP contribution >= 0.6 is 0 Å². The standard InChI is InChI=1S/C22H23FO3/c23-19-11-7-17(8-12-19)18-9-13-20(14-10-18)26-21(22(24)25)15-6-16-4-2-1-3-5-16/h4,7-14,21H,1-3,5-6,15H2,(H,24,25). The van der Waals surface area contributed by atoms with Gasteiger partial charge in [-0.15, -0.1) is 0 Å². The summed E-state index contributed by atoms with van der Waals surface area (Å²) >= 11 is 0. The molecule has 1 N–H and O–H groups in total. The SMILES string of the molecule is O=C(O)C(CCC1=CCCCC1)Oc1ccc(-c2ccc(F)cc2)cc1. The lowest BCUT2D eigenvalue weighted by Gasteiger charge is -2.18. The first-order valence-electron chi connectivity index (χ1n) is 9.05. The molecular formula is C22H23FO3. The van der Waals surface area contributed by atoms with Gasteiger partial charge in [-0.3, -0.25) is 0 Å². The summed E-state index contributed by atoms with van der Waals surface area (Å²) in [5.74, 6) is -0.684. The van der Waals surface area contributed by atoms with Crippen LogP contribution in [-0.4, -0.2) is 17.2 Å². The van der Waals surface area contributed by atoms with Crippen molar-refractivity contribution in [2.75, 3.05) is 0 Å². The predicted molar refractivity (Wildman–Crippen MR) is 99.7 cm³/mol. The van der Waals surface area contributed by atoms with Crippen LogP contribution in [0.25, 0.3) is 11.1 Å². The van der Waals surface area contributed by atoms with Gasteiger partial charge in [0.05, 0.1) is 0 Å². The van der Waals surface area contributed by atoms with E-state index in [-0.39, 0.29) is 5.82 Å². The van der Waals surface area contributed by atoms with Gasteiger partial charge in [0, 0.05) is 0 Å². The molecule has 2 aromatic carbocycles. The number of halogens is 1. The van der Waals surface area contributed by atoms with Gasteiger partial charge >= 0.3 is 5.97 Å². The molecule has 0 saturated carbocycles. The van der Waals surface area contributed by atoms with Gasteiger partial charge in [-0.05, 0) is 73.9 Å². The summed E-state index contributed by atoms with van der Waals surface area (Å²) in [6.45, 7) is 0. The topological polar surface area (TPSA) is 46.5 Å². The van der Waals surface area contributed by atoms with Crippen LogP contribution in [0.1, 0.15) is 38.5 Å². The Morgan fingerprint density at radius 1 is 1.04 bits per heavy atom. The van der Waals surface area contributed by atoms with E-state index in [0.717, 1.165) is 30.4 Å². The summed E-state index contributed by atoms with van der Waals surface area (Å²) in [6.07, 6.45) is 7.20. The fraction of sp³-hybridized carbons (Fsp3) is 0.318. The van der Waals surface area contributed by atoms with E-state index < -0.39 is 12.1 Å². The summed E-state index contributed by atoms with van der Waals surface area (Å²) in [6, 6.07) is 13.5. The molecule has 1 atom stereocenters. The molecule has 3 rings (SSSR count). The summed E-state index contributed by atoms with van der Waals surface area (Å²) < 4.78 is 18.7. The van der Waals surface area contributed by atoms with Gasteiger partial charge in [-0.2, -0.15) is 0 Å². The third-order valence-electron chi connectivity index (χ3n) is 4.70. The zero-order valence-corrected chi connectivity index (χ0v) is 14.7. The van der Waals surface area contributed by atoms with E-state index in [1.165, 1.54) is 30.5 Å². The minimum atomic E-state index is -0.941. The molecular weight excluding hydrogens is 331 g/mol. The van der Waals surface area contributed by atoms with Gasteiger partial charge in [-0.25, -0.2) is 9.18 Å². The quantitative estimate of drug-likeness (QED) is 0.658. The zero-order chi connectivity index (χ0) is 18.4. The molecule has 0 saturated heterocycles. The van der Waals surface area contributed by atoms with E-state index in [2.05, 4.69) is 6.08 Å². The molecule has 3 nitrogen and oxygen atoms in total. The average Bonchev–Trinajstić information content (AvgIpc) is 2.67. The van der Waals surface area contributed by atoms with E-state index in [4.69, 9.17) is 4.74 Å². The van der Waals surface area contributed by atoms with Crippen molar-refractivity contribution >= 4 is 5.97 Å². The van der Waals surface area contributed by atoms with Crippen LogP contribution in [-0.2, 0) is 4.79 Å². The van der Waals surface area contributed by atoms with E-state index >= 15 is 0 Å². The first-order valence-corrected chi connectivity index (χ1v) is 9.05. The fourth-order valence-electron chi connectivity index (χ4n) is 3.21. The lowest BCUT2D eigenvalue weighted by Crippen LogP contribution is -2.27. The lowest BCUT2D eigenvalue weighted by atomic mass is 9.95. The average molecular weight is 354 g/mol. The normalized spacial score (nSPS) is 15.2. The van der Waals surface area contributed by atoms with Crippen LogP contribution in [0.3, 0.4) is 0 Å². The number of allylic oxidation sites excluding steroid dienone is 2. The first kappa shape index (κ1) is 18.2. The molecule has 26 heavy (non-hydrogen) atoms. The maximum Gasteiger partial charge on any atom is 0.344 e.